The Labute approximate surface area is 103 Å². The summed E-state index contributed by atoms with van der Waals surface area (Å²) in [7, 11) is 0. The number of morpholine rings is 1. The highest BCUT2D eigenvalue weighted by molar-refractivity contribution is 7.07. The number of nitrogens with zero attached hydrogens (tertiary/aromatic N) is 3. The predicted molar refractivity (Wildman–Crippen MR) is 65.0 cm³/mol. The maximum atomic E-state index is 5.74. The van der Waals surface area contributed by atoms with Gasteiger partial charge in [-0.05, 0) is 0 Å². The number of ether oxygens (including phenoxy) is 1. The molecule has 0 amide bonds. The SMILES string of the molecule is c1nc(Cn2cncc2C2CNCCO2)cs1. The van der Waals surface area contributed by atoms with Gasteiger partial charge in [-0.1, -0.05) is 0 Å². The van der Waals surface area contributed by atoms with Crippen LogP contribution in [0.1, 0.15) is 17.5 Å². The standard InChI is InChI=1S/C11H14N4OS/c1-2-16-11(4-12-1)10-3-13-7-15(10)5-9-6-17-8-14-9/h3,6-8,11-12H,1-2,4-5H2. The van der Waals surface area contributed by atoms with Crippen LogP contribution in [0, 0.1) is 0 Å². The van der Waals surface area contributed by atoms with E-state index in [-0.39, 0.29) is 6.10 Å². The molecule has 0 bridgehead atoms. The highest BCUT2D eigenvalue weighted by Gasteiger charge is 2.19. The van der Waals surface area contributed by atoms with Gasteiger partial charge >= 0.3 is 0 Å². The van der Waals surface area contributed by atoms with Gasteiger partial charge in [-0.3, -0.25) is 0 Å². The Morgan fingerprint density at radius 2 is 2.59 bits per heavy atom. The summed E-state index contributed by atoms with van der Waals surface area (Å²) >= 11 is 1.61. The molecule has 1 N–H and O–H groups in total. The van der Waals surface area contributed by atoms with Crippen molar-refractivity contribution in [2.45, 2.75) is 12.6 Å². The van der Waals surface area contributed by atoms with Crippen LogP contribution in [0.4, 0.5) is 0 Å². The Kier molecular flexibility index (Phi) is 3.17. The first-order valence-corrected chi connectivity index (χ1v) is 6.57. The summed E-state index contributed by atoms with van der Waals surface area (Å²) in [6.07, 6.45) is 3.82. The lowest BCUT2D eigenvalue weighted by Crippen LogP contribution is -2.34. The zero-order chi connectivity index (χ0) is 11.5. The van der Waals surface area contributed by atoms with E-state index in [9.17, 15) is 0 Å². The normalized spacial score (nSPS) is 20.6. The minimum absolute atomic E-state index is 0.102. The van der Waals surface area contributed by atoms with Crippen LogP contribution >= 0.6 is 11.3 Å². The van der Waals surface area contributed by atoms with Crippen molar-refractivity contribution >= 4 is 11.3 Å². The van der Waals surface area contributed by atoms with Crippen molar-refractivity contribution in [3.05, 3.63) is 34.8 Å². The predicted octanol–water partition coefficient (Wildman–Crippen LogP) is 1.05. The van der Waals surface area contributed by atoms with Crippen LogP contribution in [0.5, 0.6) is 0 Å². The quantitative estimate of drug-likeness (QED) is 0.884. The number of nitrogens with one attached hydrogen (secondary N) is 1. The first-order valence-electron chi connectivity index (χ1n) is 5.63. The van der Waals surface area contributed by atoms with Gasteiger partial charge in [-0.15, -0.1) is 11.3 Å². The molecule has 1 fully saturated rings. The number of rotatable bonds is 3. The van der Waals surface area contributed by atoms with Gasteiger partial charge in [0.25, 0.3) is 0 Å². The Hall–Kier alpha value is -1.24. The van der Waals surface area contributed by atoms with Gasteiger partial charge in [0.2, 0.25) is 0 Å². The van der Waals surface area contributed by atoms with E-state index in [1.807, 2.05) is 18.0 Å². The molecule has 0 aliphatic carbocycles. The van der Waals surface area contributed by atoms with Crippen LogP contribution in [-0.4, -0.2) is 34.2 Å². The zero-order valence-corrected chi connectivity index (χ0v) is 10.2. The molecule has 0 saturated carbocycles. The molecular formula is C11H14N4OS. The second kappa shape index (κ2) is 4.95. The van der Waals surface area contributed by atoms with Gasteiger partial charge < -0.3 is 14.6 Å². The molecule has 0 aromatic carbocycles. The van der Waals surface area contributed by atoms with Crippen LogP contribution < -0.4 is 5.32 Å². The van der Waals surface area contributed by atoms with E-state index in [2.05, 4.69) is 25.2 Å². The maximum absolute atomic E-state index is 5.74. The summed E-state index contributed by atoms with van der Waals surface area (Å²) in [5, 5.41) is 5.39. The number of hydrogen-bond acceptors (Lipinski definition) is 5. The van der Waals surface area contributed by atoms with Crippen LogP contribution in [0.15, 0.2) is 23.4 Å². The Morgan fingerprint density at radius 3 is 3.35 bits per heavy atom. The average Bonchev–Trinajstić information content (AvgIpc) is 3.02. The molecule has 3 heterocycles. The van der Waals surface area contributed by atoms with Gasteiger partial charge in [-0.2, -0.15) is 0 Å². The molecule has 1 atom stereocenters. The van der Waals surface area contributed by atoms with E-state index < -0.39 is 0 Å². The second-order valence-electron chi connectivity index (χ2n) is 3.99. The summed E-state index contributed by atoms with van der Waals surface area (Å²) < 4.78 is 7.84. The third kappa shape index (κ3) is 2.38. The fourth-order valence-electron chi connectivity index (χ4n) is 1.98. The Bertz CT molecular complexity index is 462. The third-order valence-electron chi connectivity index (χ3n) is 2.82. The largest absolute Gasteiger partial charge is 0.369 e. The monoisotopic (exact) mass is 250 g/mol. The number of thiazole rings is 1. The van der Waals surface area contributed by atoms with Crippen LogP contribution in [0.3, 0.4) is 0 Å². The fourth-order valence-corrected chi connectivity index (χ4v) is 2.53. The topological polar surface area (TPSA) is 52.0 Å². The molecule has 1 aliphatic rings. The summed E-state index contributed by atoms with van der Waals surface area (Å²) in [5.41, 5.74) is 4.04. The van der Waals surface area contributed by atoms with Gasteiger partial charge in [0.15, 0.2) is 0 Å². The van der Waals surface area contributed by atoms with Crippen LogP contribution in [0.25, 0.3) is 0 Å². The lowest BCUT2D eigenvalue weighted by atomic mass is 10.2. The molecule has 90 valence electrons. The van der Waals surface area contributed by atoms with Crippen molar-refractivity contribution in [1.29, 1.82) is 0 Å². The minimum Gasteiger partial charge on any atom is -0.369 e. The second-order valence-corrected chi connectivity index (χ2v) is 4.71. The number of hydrogen-bond donors (Lipinski definition) is 1. The highest BCUT2D eigenvalue weighted by atomic mass is 32.1. The summed E-state index contributed by atoms with van der Waals surface area (Å²) in [5.74, 6) is 0. The van der Waals surface area contributed by atoms with Gasteiger partial charge in [-0.25, -0.2) is 9.97 Å². The van der Waals surface area contributed by atoms with Crippen LogP contribution in [0.2, 0.25) is 0 Å². The van der Waals surface area contributed by atoms with Crippen molar-refractivity contribution in [1.82, 2.24) is 19.9 Å². The number of imidazole rings is 1. The van der Waals surface area contributed by atoms with E-state index in [0.717, 1.165) is 37.6 Å². The van der Waals surface area contributed by atoms with Crippen LogP contribution in [-0.2, 0) is 11.3 Å². The molecule has 1 saturated heterocycles. The average molecular weight is 250 g/mol. The van der Waals surface area contributed by atoms with Crippen molar-refractivity contribution in [2.75, 3.05) is 19.7 Å². The molecule has 1 aliphatic heterocycles. The smallest absolute Gasteiger partial charge is 0.111 e. The van der Waals surface area contributed by atoms with Gasteiger partial charge in [0.1, 0.15) is 6.10 Å². The zero-order valence-electron chi connectivity index (χ0n) is 9.37. The summed E-state index contributed by atoms with van der Waals surface area (Å²) in [6.45, 7) is 3.30. The highest BCUT2D eigenvalue weighted by Crippen LogP contribution is 2.19. The molecule has 2 aromatic heterocycles. The lowest BCUT2D eigenvalue weighted by Gasteiger charge is -2.24. The van der Waals surface area contributed by atoms with E-state index in [1.54, 1.807) is 11.3 Å². The van der Waals surface area contributed by atoms with Gasteiger partial charge in [0.05, 0.1) is 42.6 Å². The van der Waals surface area contributed by atoms with Crippen molar-refractivity contribution < 1.29 is 4.74 Å². The van der Waals surface area contributed by atoms with E-state index in [0.29, 0.717) is 0 Å². The molecule has 0 spiro atoms. The molecule has 1 unspecified atom stereocenters. The van der Waals surface area contributed by atoms with Crippen molar-refractivity contribution in [2.24, 2.45) is 0 Å². The fraction of sp³-hybridized carbons (Fsp3) is 0.455. The maximum Gasteiger partial charge on any atom is 0.111 e. The lowest BCUT2D eigenvalue weighted by molar-refractivity contribution is 0.0230. The van der Waals surface area contributed by atoms with E-state index in [4.69, 9.17) is 4.74 Å². The van der Waals surface area contributed by atoms with Crippen molar-refractivity contribution in [3.63, 3.8) is 0 Å². The molecule has 17 heavy (non-hydrogen) atoms. The molecule has 6 heteroatoms. The van der Waals surface area contributed by atoms with Gasteiger partial charge in [0, 0.05) is 18.5 Å². The molecule has 5 nitrogen and oxygen atoms in total. The summed E-state index contributed by atoms with van der Waals surface area (Å²) in [6, 6.07) is 0. The molecule has 0 radical (unpaired) electrons. The Morgan fingerprint density at radius 1 is 1.59 bits per heavy atom. The first-order chi connectivity index (χ1) is 8.43. The van der Waals surface area contributed by atoms with E-state index in [1.165, 1.54) is 0 Å². The third-order valence-corrected chi connectivity index (χ3v) is 3.45. The molecule has 2 aromatic rings. The van der Waals surface area contributed by atoms with E-state index >= 15 is 0 Å². The van der Waals surface area contributed by atoms with Crippen molar-refractivity contribution in [3.8, 4) is 0 Å². The summed E-state index contributed by atoms with van der Waals surface area (Å²) in [4.78, 5) is 8.50. The number of aromatic nitrogens is 3. The Balaban J connectivity index is 1.78. The minimum atomic E-state index is 0.102. The first kappa shape index (κ1) is 10.9. The molecule has 3 rings (SSSR count). The molecular weight excluding hydrogens is 236 g/mol.